The van der Waals surface area contributed by atoms with Crippen LogP contribution in [0.5, 0.6) is 0 Å². The number of hydrogen-bond acceptors (Lipinski definition) is 5. The Morgan fingerprint density at radius 1 is 1.23 bits per heavy atom. The molecule has 7 heteroatoms. The molecule has 1 N–H and O–H groups in total. The predicted octanol–water partition coefficient (Wildman–Crippen LogP) is 4.04. The number of allylic oxidation sites excluding steroid dienone is 1. The quantitative estimate of drug-likeness (QED) is 0.739. The topological polar surface area (TPSA) is 98.7 Å². The van der Waals surface area contributed by atoms with Crippen molar-refractivity contribution in [3.8, 4) is 17.8 Å². The molecular formula is C23H22N4O2S. The fourth-order valence-electron chi connectivity index (χ4n) is 3.77. The first-order valence-corrected chi connectivity index (χ1v) is 10.5. The number of carbonyl (C=O) groups excluding carboxylic acids is 2. The molecular weight excluding hydrogens is 396 g/mol. The molecule has 0 bridgehead atoms. The van der Waals surface area contributed by atoms with E-state index in [1.807, 2.05) is 60.9 Å². The van der Waals surface area contributed by atoms with Gasteiger partial charge in [-0.3, -0.25) is 9.59 Å². The molecule has 1 aromatic carbocycles. The average molecular weight is 419 g/mol. The lowest BCUT2D eigenvalue weighted by atomic mass is 9.72. The number of ketones is 1. The summed E-state index contributed by atoms with van der Waals surface area (Å²) >= 11 is 1.13. The zero-order valence-electron chi connectivity index (χ0n) is 17.3. The molecule has 0 unspecified atom stereocenters. The van der Waals surface area contributed by atoms with E-state index in [1.54, 1.807) is 13.8 Å². The minimum Gasteiger partial charge on any atom is -0.319 e. The fourth-order valence-corrected chi connectivity index (χ4v) is 4.83. The molecule has 152 valence electrons. The normalized spacial score (nSPS) is 17.8. The molecule has 0 radical (unpaired) electrons. The van der Waals surface area contributed by atoms with Crippen LogP contribution in [-0.2, 0) is 4.79 Å². The van der Waals surface area contributed by atoms with Gasteiger partial charge >= 0.3 is 0 Å². The van der Waals surface area contributed by atoms with Crippen LogP contribution in [0.25, 0.3) is 5.69 Å². The second-order valence-electron chi connectivity index (χ2n) is 7.76. The number of nitrogens with zero attached hydrogens (tertiary/aromatic N) is 3. The summed E-state index contributed by atoms with van der Waals surface area (Å²) in [6, 6.07) is 15.8. The molecule has 0 spiro atoms. The number of Topliss-reactive ketones (excluding diaryl/α,β-unsaturated/α-hetero) is 1. The molecule has 0 saturated heterocycles. The Hall–Kier alpha value is -3.29. The second kappa shape index (κ2) is 8.22. The number of benzene rings is 1. The number of rotatable bonds is 5. The number of hydrogen-bond donors (Lipinski definition) is 1. The third-order valence-electron chi connectivity index (χ3n) is 5.43. The van der Waals surface area contributed by atoms with E-state index in [2.05, 4.69) is 11.4 Å². The van der Waals surface area contributed by atoms with Crippen molar-refractivity contribution in [2.24, 2.45) is 11.3 Å². The molecule has 1 amide bonds. The van der Waals surface area contributed by atoms with Crippen LogP contribution in [0.15, 0.2) is 47.0 Å². The maximum absolute atomic E-state index is 13.0. The lowest BCUT2D eigenvalue weighted by Crippen LogP contribution is -2.44. The van der Waals surface area contributed by atoms with Gasteiger partial charge in [-0.1, -0.05) is 43.8 Å². The zero-order valence-corrected chi connectivity index (χ0v) is 18.1. The molecule has 3 rings (SSSR count). The summed E-state index contributed by atoms with van der Waals surface area (Å²) in [5.41, 5.74) is 2.79. The van der Waals surface area contributed by atoms with Crippen molar-refractivity contribution in [1.82, 2.24) is 9.88 Å². The largest absolute Gasteiger partial charge is 0.319 e. The first kappa shape index (κ1) is 21.4. The number of thioether (sulfide) groups is 1. The highest BCUT2D eigenvalue weighted by atomic mass is 32.2. The predicted molar refractivity (Wildman–Crippen MR) is 116 cm³/mol. The summed E-state index contributed by atoms with van der Waals surface area (Å²) in [6.45, 7) is 7.26. The van der Waals surface area contributed by atoms with Crippen molar-refractivity contribution < 1.29 is 9.59 Å². The molecule has 1 atom stereocenters. The molecule has 2 aromatic rings. The van der Waals surface area contributed by atoms with E-state index in [9.17, 15) is 20.1 Å². The van der Waals surface area contributed by atoms with Crippen LogP contribution >= 0.6 is 11.8 Å². The van der Waals surface area contributed by atoms with E-state index in [0.29, 0.717) is 16.2 Å². The first-order chi connectivity index (χ1) is 14.2. The van der Waals surface area contributed by atoms with E-state index >= 15 is 0 Å². The van der Waals surface area contributed by atoms with E-state index in [1.165, 1.54) is 0 Å². The molecule has 6 nitrogen and oxygen atoms in total. The average Bonchev–Trinajstić information content (AvgIpc) is 3.00. The van der Waals surface area contributed by atoms with E-state index in [0.717, 1.165) is 28.8 Å². The highest BCUT2D eigenvalue weighted by Crippen LogP contribution is 2.42. The first-order valence-electron chi connectivity index (χ1n) is 9.48. The van der Waals surface area contributed by atoms with Gasteiger partial charge in [0.2, 0.25) is 5.91 Å². The van der Waals surface area contributed by atoms with Crippen LogP contribution in [-0.4, -0.2) is 22.0 Å². The van der Waals surface area contributed by atoms with Crippen LogP contribution in [0.4, 0.5) is 0 Å². The van der Waals surface area contributed by atoms with Gasteiger partial charge in [0.05, 0.1) is 28.5 Å². The number of amides is 1. The van der Waals surface area contributed by atoms with Crippen molar-refractivity contribution in [2.45, 2.75) is 27.7 Å². The van der Waals surface area contributed by atoms with E-state index in [4.69, 9.17) is 0 Å². The van der Waals surface area contributed by atoms with Gasteiger partial charge in [0.15, 0.2) is 5.78 Å². The molecule has 1 aliphatic rings. The third kappa shape index (κ3) is 3.65. The summed E-state index contributed by atoms with van der Waals surface area (Å²) < 4.78 is 2.03. The monoisotopic (exact) mass is 418 g/mol. The van der Waals surface area contributed by atoms with Crippen LogP contribution < -0.4 is 5.32 Å². The fraction of sp³-hybridized carbons (Fsp3) is 0.304. The lowest BCUT2D eigenvalue weighted by molar-refractivity contribution is -0.125. The Labute approximate surface area is 180 Å². The van der Waals surface area contributed by atoms with Gasteiger partial charge in [0.1, 0.15) is 5.92 Å². The highest BCUT2D eigenvalue weighted by molar-refractivity contribution is 8.03. The Balaban J connectivity index is 1.86. The van der Waals surface area contributed by atoms with Gasteiger partial charge in [0, 0.05) is 28.1 Å². The molecule has 1 aromatic heterocycles. The van der Waals surface area contributed by atoms with Crippen molar-refractivity contribution in [3.63, 3.8) is 0 Å². The third-order valence-corrected chi connectivity index (χ3v) is 6.43. The Bertz CT molecular complexity index is 1130. The van der Waals surface area contributed by atoms with Crippen LogP contribution in [0, 0.1) is 47.8 Å². The summed E-state index contributed by atoms with van der Waals surface area (Å²) in [5.74, 6) is -1.40. The van der Waals surface area contributed by atoms with Gasteiger partial charge in [-0.2, -0.15) is 10.5 Å². The lowest BCUT2D eigenvalue weighted by Gasteiger charge is -2.34. The Morgan fingerprint density at radius 2 is 1.90 bits per heavy atom. The van der Waals surface area contributed by atoms with Gasteiger partial charge in [0.25, 0.3) is 0 Å². The minimum atomic E-state index is -0.947. The molecule has 0 saturated carbocycles. The Kier molecular flexibility index (Phi) is 5.87. The van der Waals surface area contributed by atoms with Gasteiger partial charge in [-0.25, -0.2) is 0 Å². The van der Waals surface area contributed by atoms with Gasteiger partial charge in [-0.15, -0.1) is 0 Å². The number of carbonyl (C=O) groups is 2. The van der Waals surface area contributed by atoms with Crippen molar-refractivity contribution in [2.75, 3.05) is 5.75 Å². The smallest absolute Gasteiger partial charge is 0.243 e. The molecule has 1 aliphatic heterocycles. The Morgan fingerprint density at radius 3 is 2.50 bits per heavy atom. The summed E-state index contributed by atoms with van der Waals surface area (Å²) in [4.78, 5) is 25.3. The number of aromatic nitrogens is 1. The highest BCUT2D eigenvalue weighted by Gasteiger charge is 2.44. The van der Waals surface area contributed by atoms with Crippen LogP contribution in [0.2, 0.25) is 0 Å². The zero-order chi connectivity index (χ0) is 22.1. The standard InChI is InChI=1S/C23H22N4O2S/c1-14-10-17(15(2)27(14)16-8-6-5-7-9-16)20(28)13-30-22-19(12-25)23(3,4)18(11-24)21(29)26-22/h5-10,18H,13H2,1-4H3,(H,26,29)/t18-/m0/s1. The SMILES string of the molecule is Cc1cc(C(=O)CSC2=C(C#N)C(C)(C)[C@@H](C#N)C(=O)N2)c(C)n1-c1ccccc1. The summed E-state index contributed by atoms with van der Waals surface area (Å²) in [6.07, 6.45) is 0. The van der Waals surface area contributed by atoms with Gasteiger partial charge in [-0.05, 0) is 32.0 Å². The van der Waals surface area contributed by atoms with E-state index < -0.39 is 17.2 Å². The second-order valence-corrected chi connectivity index (χ2v) is 8.74. The number of aryl methyl sites for hydroxylation is 1. The maximum atomic E-state index is 13.0. The summed E-state index contributed by atoms with van der Waals surface area (Å²) in [5, 5.41) is 21.9. The molecule has 0 aliphatic carbocycles. The van der Waals surface area contributed by atoms with Crippen LogP contribution in [0.3, 0.4) is 0 Å². The molecule has 0 fully saturated rings. The maximum Gasteiger partial charge on any atom is 0.243 e. The van der Waals surface area contributed by atoms with Gasteiger partial charge < -0.3 is 9.88 Å². The van der Waals surface area contributed by atoms with Crippen LogP contribution in [0.1, 0.15) is 35.6 Å². The minimum absolute atomic E-state index is 0.0766. The number of nitriles is 2. The summed E-state index contributed by atoms with van der Waals surface area (Å²) in [7, 11) is 0. The van der Waals surface area contributed by atoms with Crippen molar-refractivity contribution >= 4 is 23.5 Å². The molecule has 30 heavy (non-hydrogen) atoms. The molecule has 2 heterocycles. The van der Waals surface area contributed by atoms with Crippen molar-refractivity contribution in [1.29, 1.82) is 10.5 Å². The van der Waals surface area contributed by atoms with E-state index in [-0.39, 0.29) is 11.5 Å². The number of para-hydroxylation sites is 1. The number of nitrogens with one attached hydrogen (secondary N) is 1. The van der Waals surface area contributed by atoms with Crippen molar-refractivity contribution in [3.05, 3.63) is 64.0 Å².